The zero-order valence-electron chi connectivity index (χ0n) is 27.7. The van der Waals surface area contributed by atoms with Crippen LogP contribution >= 0.6 is 0 Å². The normalized spacial score (nSPS) is 15.7. The molecule has 0 radical (unpaired) electrons. The number of aromatic carboxylic acids is 1. The Balaban J connectivity index is 2.18. The molecular weight excluding hydrogens is 561 g/mol. The predicted octanol–water partition coefficient (Wildman–Crippen LogP) is 9.53. The van der Waals surface area contributed by atoms with E-state index in [-0.39, 0.29) is 15.6 Å². The minimum Gasteiger partial charge on any atom is -0.543 e. The van der Waals surface area contributed by atoms with Gasteiger partial charge in [-0.1, -0.05) is 47.6 Å². The van der Waals surface area contributed by atoms with Crippen LogP contribution in [0.5, 0.6) is 17.2 Å². The van der Waals surface area contributed by atoms with Crippen molar-refractivity contribution in [3.63, 3.8) is 0 Å². The molecule has 8 heteroatoms. The van der Waals surface area contributed by atoms with Crippen LogP contribution < -0.4 is 13.9 Å². The molecule has 0 saturated heterocycles. The molecule has 42 heavy (non-hydrogen) atoms. The van der Waals surface area contributed by atoms with Crippen molar-refractivity contribution in [2.45, 2.75) is 97.3 Å². The predicted molar refractivity (Wildman–Crippen MR) is 177 cm³/mol. The first-order valence-electron chi connectivity index (χ1n) is 14.7. The highest BCUT2D eigenvalue weighted by molar-refractivity contribution is 6.75. The second-order valence-electron chi connectivity index (χ2n) is 14.6. The van der Waals surface area contributed by atoms with Gasteiger partial charge in [-0.25, -0.2) is 4.79 Å². The molecule has 0 bridgehead atoms. The van der Waals surface area contributed by atoms with E-state index in [9.17, 15) is 9.90 Å². The Labute approximate surface area is 253 Å². The van der Waals surface area contributed by atoms with E-state index in [0.717, 1.165) is 33.4 Å². The van der Waals surface area contributed by atoms with Crippen LogP contribution in [0.2, 0.25) is 36.3 Å². The number of hydrogen-bond donors (Lipinski definition) is 1. The molecule has 1 unspecified atom stereocenters. The molecule has 1 N–H and O–H groups in total. The molecule has 4 rings (SSSR count). The monoisotopic (exact) mass is 608 g/mol. The second-order valence-corrected chi connectivity index (χ2v) is 24.1. The summed E-state index contributed by atoms with van der Waals surface area (Å²) in [6.07, 6.45) is 0.117. The largest absolute Gasteiger partial charge is 0.543 e. The van der Waals surface area contributed by atoms with Gasteiger partial charge in [0.25, 0.3) is 8.32 Å². The van der Waals surface area contributed by atoms with Gasteiger partial charge in [0.1, 0.15) is 17.2 Å². The number of rotatable bonds is 7. The number of carbonyl (C=O) groups is 1. The second kappa shape index (κ2) is 10.7. The Hall–Kier alpha value is -2.82. The summed E-state index contributed by atoms with van der Waals surface area (Å²) in [6.45, 7) is 24.1. The van der Waals surface area contributed by atoms with Crippen molar-refractivity contribution >= 4 is 33.4 Å². The van der Waals surface area contributed by atoms with Gasteiger partial charge in [0.2, 0.25) is 0 Å². The van der Waals surface area contributed by atoms with E-state index < -0.39 is 28.7 Å². The number of methoxy groups -OCH3 is 2. The van der Waals surface area contributed by atoms with Gasteiger partial charge in [-0.05, 0) is 84.1 Å². The minimum atomic E-state index is -2.30. The zero-order chi connectivity index (χ0) is 31.6. The van der Waals surface area contributed by atoms with Crippen LogP contribution in [0.15, 0.2) is 30.3 Å². The van der Waals surface area contributed by atoms with Crippen LogP contribution in [0.1, 0.15) is 74.7 Å². The lowest BCUT2D eigenvalue weighted by molar-refractivity contribution is 0.0692. The van der Waals surface area contributed by atoms with E-state index >= 15 is 0 Å². The van der Waals surface area contributed by atoms with Crippen molar-refractivity contribution in [2.75, 3.05) is 14.2 Å². The molecule has 3 aromatic rings. The van der Waals surface area contributed by atoms with Crippen molar-refractivity contribution in [3.8, 4) is 28.4 Å². The van der Waals surface area contributed by atoms with Crippen molar-refractivity contribution in [1.82, 2.24) is 0 Å². The van der Waals surface area contributed by atoms with E-state index in [1.165, 1.54) is 0 Å². The number of ether oxygens (including phenoxy) is 2. The van der Waals surface area contributed by atoms with Gasteiger partial charge in [0.15, 0.2) is 8.32 Å². The summed E-state index contributed by atoms with van der Waals surface area (Å²) in [5, 5.41) is 12.1. The lowest BCUT2D eigenvalue weighted by Gasteiger charge is -2.42. The smallest absolute Gasteiger partial charge is 0.336 e. The molecule has 228 valence electrons. The van der Waals surface area contributed by atoms with Crippen molar-refractivity contribution in [3.05, 3.63) is 52.6 Å². The Morgan fingerprint density at radius 3 is 1.95 bits per heavy atom. The number of fused-ring (bicyclic) bond motifs is 4. The number of carboxylic acid groups (broad SMARTS) is 1. The summed E-state index contributed by atoms with van der Waals surface area (Å²) in [6, 6.07) is 10.0. The highest BCUT2D eigenvalue weighted by Gasteiger charge is 2.44. The molecule has 1 atom stereocenters. The first-order valence-corrected chi connectivity index (χ1v) is 20.5. The molecule has 3 aromatic carbocycles. The number of carboxylic acids is 1. The summed E-state index contributed by atoms with van der Waals surface area (Å²) in [5.74, 6) is 0.878. The highest BCUT2D eigenvalue weighted by Crippen LogP contribution is 2.53. The zero-order valence-corrected chi connectivity index (χ0v) is 29.7. The number of benzene rings is 3. The third-order valence-electron chi connectivity index (χ3n) is 9.66. The van der Waals surface area contributed by atoms with E-state index in [2.05, 4.69) is 86.8 Å². The minimum absolute atomic E-state index is 0.0431. The first-order chi connectivity index (χ1) is 19.2. The summed E-state index contributed by atoms with van der Waals surface area (Å²) >= 11 is 0. The summed E-state index contributed by atoms with van der Waals surface area (Å²) in [7, 11) is -1.32. The fourth-order valence-corrected chi connectivity index (χ4v) is 7.61. The van der Waals surface area contributed by atoms with Crippen LogP contribution in [0.25, 0.3) is 21.9 Å². The molecule has 6 nitrogen and oxygen atoms in total. The van der Waals surface area contributed by atoms with Gasteiger partial charge in [0, 0.05) is 28.3 Å². The molecule has 0 aliphatic heterocycles. The Morgan fingerprint density at radius 1 is 0.857 bits per heavy atom. The Kier molecular flexibility index (Phi) is 8.19. The molecule has 1 aliphatic rings. The first kappa shape index (κ1) is 32.1. The maximum Gasteiger partial charge on any atom is 0.336 e. The summed E-state index contributed by atoms with van der Waals surface area (Å²) < 4.78 is 25.7. The quantitative estimate of drug-likeness (QED) is 0.269. The van der Waals surface area contributed by atoms with Crippen LogP contribution in [-0.2, 0) is 10.8 Å². The molecule has 0 fully saturated rings. The Bertz CT molecular complexity index is 1540. The lowest BCUT2D eigenvalue weighted by atomic mass is 9.78. The fraction of sp³-hybridized carbons (Fsp3) is 0.500. The van der Waals surface area contributed by atoms with Crippen LogP contribution in [-0.4, -0.2) is 41.9 Å². The molecule has 0 saturated carbocycles. The van der Waals surface area contributed by atoms with Gasteiger partial charge >= 0.3 is 5.97 Å². The summed E-state index contributed by atoms with van der Waals surface area (Å²) in [4.78, 5) is 13.4. The van der Waals surface area contributed by atoms with E-state index in [1.54, 1.807) is 14.2 Å². The van der Waals surface area contributed by atoms with Gasteiger partial charge < -0.3 is 23.4 Å². The average Bonchev–Trinajstić information content (AvgIpc) is 2.85. The van der Waals surface area contributed by atoms with Gasteiger partial charge in [-0.15, -0.1) is 0 Å². The molecule has 0 spiro atoms. The molecule has 0 aromatic heterocycles. The molecular formula is C34H48O6Si2. The number of aryl methyl sites for hydroxylation is 1. The van der Waals surface area contributed by atoms with Crippen LogP contribution in [0, 0.1) is 6.92 Å². The highest BCUT2D eigenvalue weighted by atomic mass is 28.4. The standard InChI is InChI=1S/C34H48O6Si2/c1-20-16-21-18-27(40-42(12,13)34(5,6)7)30-23(28(21)26(17-20)38-9)19-22-24(39-41(10,11)33(2,3)4)14-15-25(37-8)29(22)31(30)32(35)36/h14-17,19,27H,18H2,1-13H3,(H,35,36). The van der Waals surface area contributed by atoms with Gasteiger partial charge in [0.05, 0.1) is 25.9 Å². The van der Waals surface area contributed by atoms with Crippen molar-refractivity contribution < 1.29 is 28.2 Å². The lowest BCUT2D eigenvalue weighted by Crippen LogP contribution is -2.44. The van der Waals surface area contributed by atoms with Gasteiger partial charge in [-0.3, -0.25) is 0 Å². The van der Waals surface area contributed by atoms with E-state index in [0.29, 0.717) is 28.9 Å². The maximum atomic E-state index is 13.4. The Morgan fingerprint density at radius 2 is 1.43 bits per heavy atom. The van der Waals surface area contributed by atoms with Gasteiger partial charge in [-0.2, -0.15) is 0 Å². The third-order valence-corrected chi connectivity index (χ3v) is 18.5. The molecule has 0 heterocycles. The van der Waals surface area contributed by atoms with Crippen molar-refractivity contribution in [2.24, 2.45) is 0 Å². The van der Waals surface area contributed by atoms with Crippen LogP contribution in [0.4, 0.5) is 0 Å². The van der Waals surface area contributed by atoms with Crippen LogP contribution in [0.3, 0.4) is 0 Å². The van der Waals surface area contributed by atoms with Crippen molar-refractivity contribution in [1.29, 1.82) is 0 Å². The fourth-order valence-electron chi connectivity index (χ4n) is 5.31. The number of hydrogen-bond acceptors (Lipinski definition) is 5. The average molecular weight is 609 g/mol. The topological polar surface area (TPSA) is 74.2 Å². The summed E-state index contributed by atoms with van der Waals surface area (Å²) in [5.41, 5.74) is 4.79. The maximum absolute atomic E-state index is 13.4. The van der Waals surface area contributed by atoms with E-state index in [4.69, 9.17) is 18.3 Å². The molecule has 0 amide bonds. The third kappa shape index (κ3) is 5.49. The SMILES string of the molecule is COc1cc(C)cc2c1-c1cc3c(O[Si](C)(C)C(C)(C)C)ccc(OC)c3c(C(=O)O)c1C(O[Si](C)(C)C(C)(C)C)C2. The van der Waals surface area contributed by atoms with E-state index in [1.807, 2.05) is 18.2 Å². The molecule has 1 aliphatic carbocycles.